The third-order valence-corrected chi connectivity index (χ3v) is 2.59. The number of rotatable bonds is 0. The summed E-state index contributed by atoms with van der Waals surface area (Å²) in [6.45, 7) is 2.34. The third kappa shape index (κ3) is 1.30. The molecule has 0 nitrogen and oxygen atoms in total. The second-order valence-corrected chi connectivity index (χ2v) is 3.62. The van der Waals surface area contributed by atoms with Crippen LogP contribution in [0.5, 0.6) is 0 Å². The van der Waals surface area contributed by atoms with Gasteiger partial charge >= 0.3 is 0 Å². The van der Waals surface area contributed by atoms with Gasteiger partial charge in [-0.3, -0.25) is 0 Å². The van der Waals surface area contributed by atoms with Crippen molar-refractivity contribution in [1.29, 1.82) is 0 Å². The van der Waals surface area contributed by atoms with Gasteiger partial charge in [-0.25, -0.2) is 0 Å². The van der Waals surface area contributed by atoms with Crippen LogP contribution in [0.25, 0.3) is 0 Å². The topological polar surface area (TPSA) is 0 Å². The number of fused-ring (bicyclic) bond motifs is 1. The van der Waals surface area contributed by atoms with Crippen molar-refractivity contribution in [2.75, 3.05) is 0 Å². The average molecular weight is 146 g/mol. The van der Waals surface area contributed by atoms with Crippen molar-refractivity contribution < 1.29 is 0 Å². The van der Waals surface area contributed by atoms with E-state index in [9.17, 15) is 0 Å². The highest BCUT2D eigenvalue weighted by atomic mass is 14.2. The van der Waals surface area contributed by atoms with E-state index >= 15 is 0 Å². The van der Waals surface area contributed by atoms with Crippen LogP contribution >= 0.6 is 0 Å². The first-order valence-electron chi connectivity index (χ1n) is 4.43. The second-order valence-electron chi connectivity index (χ2n) is 3.62. The zero-order valence-corrected chi connectivity index (χ0v) is 7.01. The number of hydrogen-bond donors (Lipinski definition) is 0. The normalized spacial score (nSPS) is 22.8. The molecule has 0 bridgehead atoms. The Morgan fingerprint density at radius 1 is 1.18 bits per heavy atom. The lowest BCUT2D eigenvalue weighted by molar-refractivity contribution is 0.501. The molecule has 1 aromatic carbocycles. The molecule has 1 aliphatic rings. The number of aryl methyl sites for hydroxylation is 1. The summed E-state index contributed by atoms with van der Waals surface area (Å²) >= 11 is 0. The molecule has 0 radical (unpaired) electrons. The Morgan fingerprint density at radius 2 is 1.91 bits per heavy atom. The molecule has 0 heteroatoms. The summed E-state index contributed by atoms with van der Waals surface area (Å²) in [4.78, 5) is 0. The number of benzene rings is 1. The fourth-order valence-corrected chi connectivity index (χ4v) is 1.88. The van der Waals surface area contributed by atoms with Gasteiger partial charge < -0.3 is 0 Å². The van der Waals surface area contributed by atoms with Crippen molar-refractivity contribution in [2.24, 2.45) is 5.92 Å². The van der Waals surface area contributed by atoms with E-state index in [-0.39, 0.29) is 0 Å². The smallest absolute Gasteiger partial charge is 0.0250 e. The van der Waals surface area contributed by atoms with Crippen molar-refractivity contribution in [2.45, 2.75) is 26.2 Å². The molecule has 11 heavy (non-hydrogen) atoms. The lowest BCUT2D eigenvalue weighted by atomic mass is 9.85. The van der Waals surface area contributed by atoms with E-state index in [1.165, 1.54) is 19.3 Å². The Labute approximate surface area is 68.3 Å². The van der Waals surface area contributed by atoms with E-state index in [0.717, 1.165) is 5.92 Å². The molecule has 0 fully saturated rings. The summed E-state index contributed by atoms with van der Waals surface area (Å²) in [7, 11) is 0. The van der Waals surface area contributed by atoms with Gasteiger partial charge in [-0.15, -0.1) is 0 Å². The molecule has 1 atom stereocenters. The van der Waals surface area contributed by atoms with Gasteiger partial charge in [0.1, 0.15) is 0 Å². The fourth-order valence-electron chi connectivity index (χ4n) is 1.88. The summed E-state index contributed by atoms with van der Waals surface area (Å²) in [5, 5.41) is 0. The van der Waals surface area contributed by atoms with Gasteiger partial charge in [0.15, 0.2) is 0 Å². The molecule has 0 amide bonds. The molecule has 0 saturated heterocycles. The Morgan fingerprint density at radius 3 is 2.73 bits per heavy atom. The lowest BCUT2D eigenvalue weighted by Gasteiger charge is -2.20. The van der Waals surface area contributed by atoms with E-state index in [4.69, 9.17) is 0 Å². The molecule has 2 rings (SSSR count). The average Bonchev–Trinajstić information content (AvgIpc) is 2.04. The van der Waals surface area contributed by atoms with Gasteiger partial charge in [-0.2, -0.15) is 0 Å². The minimum atomic E-state index is 0.893. The van der Waals surface area contributed by atoms with Crippen LogP contribution in [0.15, 0.2) is 24.3 Å². The van der Waals surface area contributed by atoms with Gasteiger partial charge in [-0.1, -0.05) is 31.2 Å². The van der Waals surface area contributed by atoms with Crippen LogP contribution in [0.1, 0.15) is 24.5 Å². The maximum Gasteiger partial charge on any atom is -0.0250 e. The van der Waals surface area contributed by atoms with Gasteiger partial charge in [-0.05, 0) is 36.3 Å². The fraction of sp³-hybridized carbons (Fsp3) is 0.455. The molecular weight excluding hydrogens is 132 g/mol. The summed E-state index contributed by atoms with van der Waals surface area (Å²) < 4.78 is 0. The third-order valence-electron chi connectivity index (χ3n) is 2.59. The van der Waals surface area contributed by atoms with Crippen LogP contribution in [0.2, 0.25) is 0 Å². The molecule has 1 aliphatic carbocycles. The molecular formula is C11H14. The molecule has 0 heterocycles. The maximum atomic E-state index is 2.34. The minimum absolute atomic E-state index is 0.893. The van der Waals surface area contributed by atoms with Crippen LogP contribution in [0, 0.1) is 5.92 Å². The predicted octanol–water partition coefficient (Wildman–Crippen LogP) is 2.81. The first-order chi connectivity index (χ1) is 5.36. The predicted molar refractivity (Wildman–Crippen MR) is 47.6 cm³/mol. The molecule has 0 N–H and O–H groups in total. The Hall–Kier alpha value is -0.780. The number of hydrogen-bond acceptors (Lipinski definition) is 0. The van der Waals surface area contributed by atoms with Crippen molar-refractivity contribution in [3.05, 3.63) is 35.4 Å². The van der Waals surface area contributed by atoms with E-state index in [2.05, 4.69) is 31.2 Å². The summed E-state index contributed by atoms with van der Waals surface area (Å²) in [5.74, 6) is 0.893. The first-order valence-corrected chi connectivity index (χ1v) is 4.43. The van der Waals surface area contributed by atoms with Crippen LogP contribution < -0.4 is 0 Å². The van der Waals surface area contributed by atoms with Crippen LogP contribution in [-0.4, -0.2) is 0 Å². The van der Waals surface area contributed by atoms with Crippen LogP contribution in [0.4, 0.5) is 0 Å². The zero-order valence-electron chi connectivity index (χ0n) is 7.01. The van der Waals surface area contributed by atoms with Crippen molar-refractivity contribution in [3.63, 3.8) is 0 Å². The van der Waals surface area contributed by atoms with Gasteiger partial charge in [0.2, 0.25) is 0 Å². The summed E-state index contributed by atoms with van der Waals surface area (Å²) in [6, 6.07) is 8.83. The van der Waals surface area contributed by atoms with Crippen molar-refractivity contribution >= 4 is 0 Å². The van der Waals surface area contributed by atoms with Crippen molar-refractivity contribution in [3.8, 4) is 0 Å². The molecule has 0 aliphatic heterocycles. The lowest BCUT2D eigenvalue weighted by Crippen LogP contribution is -2.10. The molecule has 0 aromatic heterocycles. The van der Waals surface area contributed by atoms with Gasteiger partial charge in [0.05, 0.1) is 0 Å². The molecule has 1 unspecified atom stereocenters. The van der Waals surface area contributed by atoms with Crippen molar-refractivity contribution in [1.82, 2.24) is 0 Å². The van der Waals surface area contributed by atoms with Gasteiger partial charge in [0, 0.05) is 0 Å². The molecule has 0 spiro atoms. The first kappa shape index (κ1) is 6.90. The Bertz CT molecular complexity index is 250. The van der Waals surface area contributed by atoms with Gasteiger partial charge in [0.25, 0.3) is 0 Å². The van der Waals surface area contributed by atoms with E-state index in [0.29, 0.717) is 0 Å². The second kappa shape index (κ2) is 2.69. The molecule has 0 saturated carbocycles. The quantitative estimate of drug-likeness (QED) is 0.528. The summed E-state index contributed by atoms with van der Waals surface area (Å²) in [5.41, 5.74) is 3.15. The largest absolute Gasteiger partial charge is 0.0622 e. The zero-order chi connectivity index (χ0) is 7.68. The maximum absolute atomic E-state index is 2.34. The standard InChI is InChI=1S/C11H14/c1-9-6-7-10-4-2-3-5-11(10)8-9/h2-5,9H,6-8H2,1H3. The Balaban J connectivity index is 2.34. The summed E-state index contributed by atoms with van der Waals surface area (Å²) in [6.07, 6.45) is 3.95. The highest BCUT2D eigenvalue weighted by Crippen LogP contribution is 2.24. The van der Waals surface area contributed by atoms with Crippen LogP contribution in [0.3, 0.4) is 0 Å². The van der Waals surface area contributed by atoms with E-state index < -0.39 is 0 Å². The monoisotopic (exact) mass is 146 g/mol. The van der Waals surface area contributed by atoms with E-state index in [1.54, 1.807) is 11.1 Å². The highest BCUT2D eigenvalue weighted by molar-refractivity contribution is 5.29. The molecule has 58 valence electrons. The minimum Gasteiger partial charge on any atom is -0.0622 e. The van der Waals surface area contributed by atoms with Crippen LogP contribution in [-0.2, 0) is 12.8 Å². The SMILES string of the molecule is CC1CCc2ccccc2C1. The Kier molecular flexibility index (Phi) is 1.69. The highest BCUT2D eigenvalue weighted by Gasteiger charge is 2.13. The van der Waals surface area contributed by atoms with E-state index in [1.807, 2.05) is 0 Å². The molecule has 1 aromatic rings.